The molecule has 37 heavy (non-hydrogen) atoms. The van der Waals surface area contributed by atoms with Crippen LogP contribution < -0.4 is 20.1 Å². The summed E-state index contributed by atoms with van der Waals surface area (Å²) in [6.45, 7) is 1.02. The first kappa shape index (κ1) is 25.1. The normalized spacial score (nSPS) is 23.0. The maximum atomic E-state index is 13.4. The van der Waals surface area contributed by atoms with Crippen LogP contribution in [0.1, 0.15) is 52.8 Å². The summed E-state index contributed by atoms with van der Waals surface area (Å²) in [7, 11) is 3.34. The lowest BCUT2D eigenvalue weighted by molar-refractivity contribution is -0.134. The van der Waals surface area contributed by atoms with E-state index in [0.717, 1.165) is 13.0 Å². The van der Waals surface area contributed by atoms with Crippen molar-refractivity contribution in [2.75, 3.05) is 32.6 Å². The lowest BCUT2D eigenvalue weighted by Gasteiger charge is -2.42. The van der Waals surface area contributed by atoms with Crippen molar-refractivity contribution in [3.63, 3.8) is 0 Å². The summed E-state index contributed by atoms with van der Waals surface area (Å²) < 4.78 is 17.4. The zero-order chi connectivity index (χ0) is 25.9. The smallest absolute Gasteiger partial charge is 0.257 e. The van der Waals surface area contributed by atoms with Crippen molar-refractivity contribution in [2.24, 2.45) is 5.92 Å². The molecule has 9 heteroatoms. The Bertz CT molecular complexity index is 1160. The molecule has 0 spiro atoms. The van der Waals surface area contributed by atoms with Gasteiger partial charge in [-0.15, -0.1) is 0 Å². The van der Waals surface area contributed by atoms with Crippen molar-refractivity contribution in [2.45, 2.75) is 50.4 Å². The standard InChI is InChI=1S/C28H33N3O6/c1-31-23-11-10-21(14-26(32)29-15-17-3-4-17)37-25(23)16-36-24-12-7-19(13-22(24)28(31)34)30-27(33)18-5-8-20(35-2)9-6-18/h5-9,12-13,17,21,23,25H,3-4,10-11,14-16H2,1-2H3,(H,29,32)(H,30,33)/t21-,23-,25-/m0/s1. The van der Waals surface area contributed by atoms with Crippen molar-refractivity contribution < 1.29 is 28.6 Å². The molecule has 2 heterocycles. The predicted molar refractivity (Wildman–Crippen MR) is 137 cm³/mol. The molecule has 2 N–H and O–H groups in total. The first-order valence-corrected chi connectivity index (χ1v) is 12.8. The number of hydrogen-bond donors (Lipinski definition) is 2. The van der Waals surface area contributed by atoms with Crippen LogP contribution in [0.3, 0.4) is 0 Å². The van der Waals surface area contributed by atoms with Gasteiger partial charge in [0.2, 0.25) is 5.91 Å². The number of nitrogens with one attached hydrogen (secondary N) is 2. The monoisotopic (exact) mass is 507 g/mol. The second-order valence-corrected chi connectivity index (χ2v) is 10.0. The number of carbonyl (C=O) groups is 3. The summed E-state index contributed by atoms with van der Waals surface area (Å²) in [5, 5.41) is 5.85. The number of anilines is 1. The van der Waals surface area contributed by atoms with E-state index in [4.69, 9.17) is 14.2 Å². The summed E-state index contributed by atoms with van der Waals surface area (Å²) >= 11 is 0. The number of nitrogens with zero attached hydrogens (tertiary/aromatic N) is 1. The Hall–Kier alpha value is -3.59. The number of amides is 3. The number of fused-ring (bicyclic) bond motifs is 2. The third-order valence-electron chi connectivity index (χ3n) is 7.32. The van der Waals surface area contributed by atoms with Crippen molar-refractivity contribution in [3.8, 4) is 11.5 Å². The Balaban J connectivity index is 1.24. The van der Waals surface area contributed by atoms with Crippen LogP contribution in [0.2, 0.25) is 0 Å². The van der Waals surface area contributed by atoms with Crippen LogP contribution in [0.5, 0.6) is 11.5 Å². The highest BCUT2D eigenvalue weighted by Crippen LogP contribution is 2.33. The van der Waals surface area contributed by atoms with E-state index in [2.05, 4.69) is 10.6 Å². The number of carbonyl (C=O) groups excluding carboxylic acids is 3. The molecule has 0 unspecified atom stereocenters. The zero-order valence-corrected chi connectivity index (χ0v) is 21.2. The van der Waals surface area contributed by atoms with E-state index < -0.39 is 0 Å². The molecule has 2 aromatic rings. The topological polar surface area (TPSA) is 106 Å². The molecular weight excluding hydrogens is 474 g/mol. The second kappa shape index (κ2) is 10.8. The van der Waals surface area contributed by atoms with Gasteiger partial charge in [-0.2, -0.15) is 0 Å². The largest absolute Gasteiger partial charge is 0.497 e. The SMILES string of the molecule is COc1ccc(C(=O)Nc2ccc3c(c2)C(=O)N(C)[C@H]2CC[C@@H](CC(=O)NCC4CC4)O[C@H]2CO3)cc1. The number of hydrogen-bond acceptors (Lipinski definition) is 6. The quantitative estimate of drug-likeness (QED) is 0.596. The van der Waals surface area contributed by atoms with E-state index in [1.54, 1.807) is 61.5 Å². The molecule has 0 radical (unpaired) electrons. The van der Waals surface area contributed by atoms with Gasteiger partial charge in [0.05, 0.1) is 31.2 Å². The highest BCUT2D eigenvalue weighted by atomic mass is 16.5. The van der Waals surface area contributed by atoms with Gasteiger partial charge >= 0.3 is 0 Å². The van der Waals surface area contributed by atoms with Gasteiger partial charge in [0.15, 0.2) is 0 Å². The van der Waals surface area contributed by atoms with Crippen LogP contribution in [0.15, 0.2) is 42.5 Å². The molecule has 196 valence electrons. The Labute approximate surface area is 216 Å². The van der Waals surface area contributed by atoms with Gasteiger partial charge in [0.25, 0.3) is 11.8 Å². The molecule has 0 bridgehead atoms. The number of benzene rings is 2. The maximum Gasteiger partial charge on any atom is 0.257 e. The third kappa shape index (κ3) is 5.88. The van der Waals surface area contributed by atoms with Crippen molar-refractivity contribution in [3.05, 3.63) is 53.6 Å². The van der Waals surface area contributed by atoms with Gasteiger partial charge in [0.1, 0.15) is 24.2 Å². The zero-order valence-electron chi connectivity index (χ0n) is 21.2. The van der Waals surface area contributed by atoms with Crippen LogP contribution >= 0.6 is 0 Å². The summed E-state index contributed by atoms with van der Waals surface area (Å²) in [6, 6.07) is 11.7. The van der Waals surface area contributed by atoms with E-state index in [-0.39, 0.29) is 42.6 Å². The Morgan fingerprint density at radius 1 is 1.08 bits per heavy atom. The molecule has 1 saturated carbocycles. The van der Waals surface area contributed by atoms with E-state index in [0.29, 0.717) is 47.1 Å². The second-order valence-electron chi connectivity index (χ2n) is 10.0. The maximum absolute atomic E-state index is 13.4. The summed E-state index contributed by atoms with van der Waals surface area (Å²) in [6.07, 6.45) is 3.61. The minimum atomic E-state index is -0.327. The van der Waals surface area contributed by atoms with Crippen molar-refractivity contribution in [1.82, 2.24) is 10.2 Å². The number of rotatable bonds is 7. The summed E-state index contributed by atoms with van der Waals surface area (Å²) in [4.78, 5) is 40.1. The van der Waals surface area contributed by atoms with Crippen LogP contribution in [0.25, 0.3) is 0 Å². The first-order chi connectivity index (χ1) is 17.9. The predicted octanol–water partition coefficient (Wildman–Crippen LogP) is 3.24. The Morgan fingerprint density at radius 2 is 1.86 bits per heavy atom. The molecule has 1 aliphatic carbocycles. The third-order valence-corrected chi connectivity index (χ3v) is 7.32. The lowest BCUT2D eigenvalue weighted by atomic mass is 9.94. The molecule has 9 nitrogen and oxygen atoms in total. The summed E-state index contributed by atoms with van der Waals surface area (Å²) in [5.74, 6) is 1.26. The molecule has 0 aromatic heterocycles. The minimum Gasteiger partial charge on any atom is -0.497 e. The van der Waals surface area contributed by atoms with Gasteiger partial charge in [-0.25, -0.2) is 0 Å². The molecule has 2 aromatic carbocycles. The molecule has 3 aliphatic rings. The average molecular weight is 508 g/mol. The molecule has 5 rings (SSSR count). The summed E-state index contributed by atoms with van der Waals surface area (Å²) in [5.41, 5.74) is 1.36. The fourth-order valence-corrected chi connectivity index (χ4v) is 4.91. The minimum absolute atomic E-state index is 0.0149. The fraction of sp³-hybridized carbons (Fsp3) is 0.464. The van der Waals surface area contributed by atoms with Crippen LogP contribution in [-0.2, 0) is 9.53 Å². The van der Waals surface area contributed by atoms with Gasteiger partial charge in [-0.05, 0) is 74.1 Å². The van der Waals surface area contributed by atoms with Gasteiger partial charge in [0, 0.05) is 24.8 Å². The van der Waals surface area contributed by atoms with E-state index >= 15 is 0 Å². The van der Waals surface area contributed by atoms with Crippen LogP contribution in [0.4, 0.5) is 5.69 Å². The highest BCUT2D eigenvalue weighted by Gasteiger charge is 2.39. The van der Waals surface area contributed by atoms with Gasteiger partial charge < -0.3 is 29.7 Å². The van der Waals surface area contributed by atoms with Crippen molar-refractivity contribution in [1.29, 1.82) is 0 Å². The van der Waals surface area contributed by atoms with E-state index in [1.807, 2.05) is 0 Å². The first-order valence-electron chi connectivity index (χ1n) is 12.8. The van der Waals surface area contributed by atoms with E-state index in [1.165, 1.54) is 12.8 Å². The number of methoxy groups -OCH3 is 1. The molecule has 3 amide bonds. The van der Waals surface area contributed by atoms with Gasteiger partial charge in [-0.3, -0.25) is 14.4 Å². The van der Waals surface area contributed by atoms with Gasteiger partial charge in [-0.1, -0.05) is 0 Å². The highest BCUT2D eigenvalue weighted by molar-refractivity contribution is 6.05. The van der Waals surface area contributed by atoms with Crippen molar-refractivity contribution >= 4 is 23.4 Å². The average Bonchev–Trinajstić information content (AvgIpc) is 3.74. The Morgan fingerprint density at radius 3 is 2.59 bits per heavy atom. The molecule has 3 atom stereocenters. The fourth-order valence-electron chi connectivity index (χ4n) is 4.91. The number of likely N-dealkylation sites (N-methyl/N-ethyl adjacent to an activating group) is 1. The molecular formula is C28H33N3O6. The number of ether oxygens (including phenoxy) is 3. The Kier molecular flexibility index (Phi) is 7.32. The molecule has 2 fully saturated rings. The van der Waals surface area contributed by atoms with Crippen LogP contribution in [-0.4, -0.2) is 68.2 Å². The van der Waals surface area contributed by atoms with E-state index in [9.17, 15) is 14.4 Å². The van der Waals surface area contributed by atoms with Crippen LogP contribution in [0, 0.1) is 5.92 Å². The molecule has 2 aliphatic heterocycles. The lowest BCUT2D eigenvalue weighted by Crippen LogP contribution is -2.54. The molecule has 1 saturated heterocycles.